The van der Waals surface area contributed by atoms with Gasteiger partial charge >= 0.3 is 12.4 Å². The molecule has 9 heteroatoms. The van der Waals surface area contributed by atoms with Crippen molar-refractivity contribution in [2.24, 2.45) is 0 Å². The Morgan fingerprint density at radius 1 is 0.767 bits per heavy atom. The Bertz CT molecular complexity index is 1040. The van der Waals surface area contributed by atoms with Crippen LogP contribution >= 0.6 is 0 Å². The molecular formula is C21H14F3N3O3. The van der Waals surface area contributed by atoms with Crippen LogP contribution in [0.4, 0.5) is 29.3 Å². The van der Waals surface area contributed by atoms with Crippen molar-refractivity contribution in [3.63, 3.8) is 0 Å². The second kappa shape index (κ2) is 8.87. The molecule has 3 aromatic rings. The van der Waals surface area contributed by atoms with E-state index in [0.29, 0.717) is 28.4 Å². The fourth-order valence-corrected chi connectivity index (χ4v) is 2.37. The van der Waals surface area contributed by atoms with Gasteiger partial charge in [0.05, 0.1) is 11.6 Å². The van der Waals surface area contributed by atoms with Crippen LogP contribution in [0.25, 0.3) is 0 Å². The number of nitrogens with zero attached hydrogens (tertiary/aromatic N) is 1. The maximum Gasteiger partial charge on any atom is 0.573 e. The van der Waals surface area contributed by atoms with E-state index in [4.69, 9.17) is 10.00 Å². The summed E-state index contributed by atoms with van der Waals surface area (Å²) >= 11 is 0. The zero-order chi connectivity index (χ0) is 21.6. The molecule has 0 aliphatic carbocycles. The molecule has 2 N–H and O–H groups in total. The molecule has 3 aromatic carbocycles. The molecule has 0 radical (unpaired) electrons. The molecule has 0 unspecified atom stereocenters. The number of nitrogens with one attached hydrogen (secondary N) is 2. The molecule has 6 nitrogen and oxygen atoms in total. The molecule has 0 saturated carbocycles. The summed E-state index contributed by atoms with van der Waals surface area (Å²) in [7, 11) is 0. The van der Waals surface area contributed by atoms with Crippen molar-refractivity contribution in [3.8, 4) is 23.3 Å². The molecular weight excluding hydrogens is 399 g/mol. The number of anilines is 2. The number of alkyl halides is 3. The largest absolute Gasteiger partial charge is 0.573 e. The zero-order valence-corrected chi connectivity index (χ0v) is 15.2. The van der Waals surface area contributed by atoms with Crippen LogP contribution in [0.15, 0.2) is 72.8 Å². The van der Waals surface area contributed by atoms with Crippen molar-refractivity contribution < 1.29 is 27.4 Å². The van der Waals surface area contributed by atoms with Gasteiger partial charge in [-0.25, -0.2) is 4.79 Å². The average molecular weight is 413 g/mol. The normalized spacial score (nSPS) is 10.6. The number of carbonyl (C=O) groups is 1. The summed E-state index contributed by atoms with van der Waals surface area (Å²) in [6, 6.07) is 19.4. The van der Waals surface area contributed by atoms with Gasteiger partial charge in [-0.1, -0.05) is 0 Å². The van der Waals surface area contributed by atoms with Gasteiger partial charge in [0.1, 0.15) is 17.2 Å². The summed E-state index contributed by atoms with van der Waals surface area (Å²) < 4.78 is 45.9. The van der Waals surface area contributed by atoms with Crippen molar-refractivity contribution in [2.75, 3.05) is 10.6 Å². The Morgan fingerprint density at radius 3 is 1.63 bits per heavy atom. The second-order valence-corrected chi connectivity index (χ2v) is 5.91. The number of urea groups is 1. The molecule has 0 aliphatic heterocycles. The highest BCUT2D eigenvalue weighted by molar-refractivity contribution is 5.99. The highest BCUT2D eigenvalue weighted by Crippen LogP contribution is 2.25. The number of hydrogen-bond donors (Lipinski definition) is 2. The van der Waals surface area contributed by atoms with Crippen LogP contribution in [0, 0.1) is 11.3 Å². The molecule has 0 bridgehead atoms. The number of nitriles is 1. The Morgan fingerprint density at radius 2 is 1.20 bits per heavy atom. The first kappa shape index (κ1) is 20.5. The molecule has 30 heavy (non-hydrogen) atoms. The van der Waals surface area contributed by atoms with E-state index >= 15 is 0 Å². The van der Waals surface area contributed by atoms with Crippen LogP contribution in [0.3, 0.4) is 0 Å². The zero-order valence-electron chi connectivity index (χ0n) is 15.2. The van der Waals surface area contributed by atoms with Crippen molar-refractivity contribution >= 4 is 17.4 Å². The van der Waals surface area contributed by atoms with Crippen molar-refractivity contribution in [2.45, 2.75) is 6.36 Å². The standard InChI is InChI=1S/C21H14F3N3O3/c22-21(23,24)30-19-11-5-16(6-12-19)27-20(28)26-15-3-9-18(10-4-15)29-17-7-1-14(13-25)2-8-17/h1-12H,(H2,26,27,28). The number of ether oxygens (including phenoxy) is 2. The molecule has 0 heterocycles. The minimum atomic E-state index is -4.78. The minimum Gasteiger partial charge on any atom is -0.457 e. The summed E-state index contributed by atoms with van der Waals surface area (Å²) in [5.74, 6) is 0.711. The van der Waals surface area contributed by atoms with Crippen LogP contribution in [-0.4, -0.2) is 12.4 Å². The Labute approximate surface area is 169 Å². The van der Waals surface area contributed by atoms with Gasteiger partial charge in [-0.05, 0) is 72.8 Å². The lowest BCUT2D eigenvalue weighted by Crippen LogP contribution is -2.19. The van der Waals surface area contributed by atoms with Crippen LogP contribution < -0.4 is 20.1 Å². The van der Waals surface area contributed by atoms with Crippen molar-refractivity contribution in [1.29, 1.82) is 5.26 Å². The summed E-state index contributed by atoms with van der Waals surface area (Å²) in [5, 5.41) is 13.9. The first-order chi connectivity index (χ1) is 14.3. The van der Waals surface area contributed by atoms with Gasteiger partial charge in [0.15, 0.2) is 0 Å². The van der Waals surface area contributed by atoms with E-state index < -0.39 is 12.4 Å². The van der Waals surface area contributed by atoms with Gasteiger partial charge in [0.25, 0.3) is 0 Å². The predicted octanol–water partition coefficient (Wildman–Crippen LogP) is 5.89. The van der Waals surface area contributed by atoms with Gasteiger partial charge < -0.3 is 20.1 Å². The first-order valence-corrected chi connectivity index (χ1v) is 8.53. The number of rotatable bonds is 5. The molecule has 0 aliphatic rings. The maximum absolute atomic E-state index is 12.2. The van der Waals surface area contributed by atoms with E-state index in [-0.39, 0.29) is 5.75 Å². The molecule has 3 rings (SSSR count). The van der Waals surface area contributed by atoms with Gasteiger partial charge in [0.2, 0.25) is 0 Å². The van der Waals surface area contributed by atoms with Gasteiger partial charge in [-0.15, -0.1) is 13.2 Å². The average Bonchev–Trinajstić information content (AvgIpc) is 2.70. The topological polar surface area (TPSA) is 83.4 Å². The molecule has 0 spiro atoms. The SMILES string of the molecule is N#Cc1ccc(Oc2ccc(NC(=O)Nc3ccc(OC(F)(F)F)cc3)cc2)cc1. The first-order valence-electron chi connectivity index (χ1n) is 8.53. The highest BCUT2D eigenvalue weighted by atomic mass is 19.4. The lowest BCUT2D eigenvalue weighted by molar-refractivity contribution is -0.274. The lowest BCUT2D eigenvalue weighted by Gasteiger charge is -2.11. The Kier molecular flexibility index (Phi) is 6.08. The smallest absolute Gasteiger partial charge is 0.457 e. The van der Waals surface area contributed by atoms with Crippen LogP contribution in [0.1, 0.15) is 5.56 Å². The third-order valence-corrected chi connectivity index (χ3v) is 3.68. The number of carbonyl (C=O) groups excluding carboxylic acids is 1. The van der Waals surface area contributed by atoms with E-state index in [1.54, 1.807) is 48.5 Å². The molecule has 0 aromatic heterocycles. The minimum absolute atomic E-state index is 0.294. The third kappa shape index (κ3) is 6.17. The highest BCUT2D eigenvalue weighted by Gasteiger charge is 2.30. The monoisotopic (exact) mass is 413 g/mol. The predicted molar refractivity (Wildman–Crippen MR) is 103 cm³/mol. The lowest BCUT2D eigenvalue weighted by atomic mass is 10.2. The van der Waals surface area contributed by atoms with Gasteiger partial charge in [-0.2, -0.15) is 5.26 Å². The maximum atomic E-state index is 12.2. The Balaban J connectivity index is 1.53. The third-order valence-electron chi connectivity index (χ3n) is 3.68. The number of benzene rings is 3. The summed E-state index contributed by atoms with van der Waals surface area (Å²) in [6.45, 7) is 0. The number of amides is 2. The van der Waals surface area contributed by atoms with Gasteiger partial charge in [0, 0.05) is 11.4 Å². The van der Waals surface area contributed by atoms with Crippen LogP contribution in [-0.2, 0) is 0 Å². The van der Waals surface area contributed by atoms with E-state index in [0.717, 1.165) is 12.1 Å². The number of halogens is 3. The van der Waals surface area contributed by atoms with Crippen molar-refractivity contribution in [3.05, 3.63) is 78.4 Å². The summed E-state index contributed by atoms with van der Waals surface area (Å²) in [6.07, 6.45) is -4.78. The quantitative estimate of drug-likeness (QED) is 0.546. The number of hydrogen-bond acceptors (Lipinski definition) is 4. The molecule has 2 amide bonds. The fraction of sp³-hybridized carbons (Fsp3) is 0.0476. The molecule has 0 saturated heterocycles. The Hall–Kier alpha value is -4.19. The van der Waals surface area contributed by atoms with E-state index in [9.17, 15) is 18.0 Å². The second-order valence-electron chi connectivity index (χ2n) is 5.91. The fourth-order valence-electron chi connectivity index (χ4n) is 2.37. The van der Waals surface area contributed by atoms with Crippen LogP contribution in [0.2, 0.25) is 0 Å². The van der Waals surface area contributed by atoms with E-state index in [1.165, 1.54) is 12.1 Å². The molecule has 152 valence electrons. The van der Waals surface area contributed by atoms with Crippen LogP contribution in [0.5, 0.6) is 17.2 Å². The summed E-state index contributed by atoms with van der Waals surface area (Å²) in [5.41, 5.74) is 1.30. The van der Waals surface area contributed by atoms with E-state index in [1.807, 2.05) is 6.07 Å². The van der Waals surface area contributed by atoms with Crippen molar-refractivity contribution in [1.82, 2.24) is 0 Å². The molecule has 0 atom stereocenters. The van der Waals surface area contributed by atoms with Gasteiger partial charge in [-0.3, -0.25) is 0 Å². The summed E-state index contributed by atoms with van der Waals surface area (Å²) in [4.78, 5) is 12.0. The molecule has 0 fully saturated rings. The van der Waals surface area contributed by atoms with E-state index in [2.05, 4.69) is 15.4 Å².